The van der Waals surface area contributed by atoms with E-state index in [0.717, 1.165) is 11.3 Å². The highest BCUT2D eigenvalue weighted by atomic mass is 32.2. The molecular weight excluding hydrogens is 338 g/mol. The van der Waals surface area contributed by atoms with Crippen LogP contribution >= 0.6 is 0 Å². The molecule has 2 heterocycles. The van der Waals surface area contributed by atoms with E-state index in [0.29, 0.717) is 31.7 Å². The van der Waals surface area contributed by atoms with Crippen LogP contribution in [0.3, 0.4) is 0 Å². The van der Waals surface area contributed by atoms with Crippen LogP contribution in [-0.4, -0.2) is 41.6 Å². The van der Waals surface area contributed by atoms with Gasteiger partial charge in [-0.2, -0.15) is 4.31 Å². The van der Waals surface area contributed by atoms with Crippen molar-refractivity contribution >= 4 is 15.9 Å². The number of carbonyl (C=O) groups is 1. The highest BCUT2D eigenvalue weighted by Gasteiger charge is 2.26. The fraction of sp³-hybridized carbons (Fsp3) is 0.333. The highest BCUT2D eigenvalue weighted by molar-refractivity contribution is 7.89. The van der Waals surface area contributed by atoms with Gasteiger partial charge in [0, 0.05) is 31.4 Å². The molecule has 1 aliphatic rings. The molecule has 7 heteroatoms. The summed E-state index contributed by atoms with van der Waals surface area (Å²) < 4.78 is 26.4. The van der Waals surface area contributed by atoms with E-state index in [1.807, 2.05) is 12.1 Å². The molecule has 1 aromatic heterocycles. The number of nitrogens with zero attached hydrogens (tertiary/aromatic N) is 3. The lowest BCUT2D eigenvalue weighted by molar-refractivity contribution is 0.0750. The summed E-state index contributed by atoms with van der Waals surface area (Å²) in [5, 5.41) is 0. The van der Waals surface area contributed by atoms with Crippen LogP contribution in [0, 0.1) is 0 Å². The Bertz CT molecular complexity index is 850. The van der Waals surface area contributed by atoms with Crippen LogP contribution in [0.4, 0.5) is 0 Å². The van der Waals surface area contributed by atoms with Gasteiger partial charge in [-0.1, -0.05) is 19.9 Å². The third-order valence-electron chi connectivity index (χ3n) is 4.42. The molecule has 132 valence electrons. The van der Waals surface area contributed by atoms with E-state index >= 15 is 0 Å². The average molecular weight is 359 g/mol. The topological polar surface area (TPSA) is 70.6 Å². The molecule has 0 bridgehead atoms. The SMILES string of the molecule is CCN(CC)S(=O)(=O)c1ccc(C(=O)N2Cc3cccnc3C2)cc1. The van der Waals surface area contributed by atoms with Gasteiger partial charge in [0.2, 0.25) is 10.0 Å². The van der Waals surface area contributed by atoms with Crippen molar-refractivity contribution in [3.63, 3.8) is 0 Å². The maximum atomic E-state index is 12.7. The second-order valence-electron chi connectivity index (χ2n) is 5.88. The predicted octanol–water partition coefficient (Wildman–Crippen LogP) is 2.27. The molecule has 0 aliphatic carbocycles. The summed E-state index contributed by atoms with van der Waals surface area (Å²) in [6.07, 6.45) is 1.72. The van der Waals surface area contributed by atoms with E-state index < -0.39 is 10.0 Å². The molecule has 0 fully saturated rings. The summed E-state index contributed by atoms with van der Waals surface area (Å²) in [5.41, 5.74) is 2.44. The van der Waals surface area contributed by atoms with Crippen LogP contribution in [0.2, 0.25) is 0 Å². The van der Waals surface area contributed by atoms with Gasteiger partial charge in [-0.25, -0.2) is 8.42 Å². The molecule has 0 N–H and O–H groups in total. The third-order valence-corrected chi connectivity index (χ3v) is 6.48. The summed E-state index contributed by atoms with van der Waals surface area (Å²) in [7, 11) is -3.51. The smallest absolute Gasteiger partial charge is 0.254 e. The van der Waals surface area contributed by atoms with E-state index in [1.54, 1.807) is 37.1 Å². The summed E-state index contributed by atoms with van der Waals surface area (Å²) in [6.45, 7) is 5.45. The van der Waals surface area contributed by atoms with Gasteiger partial charge >= 0.3 is 0 Å². The van der Waals surface area contributed by atoms with Gasteiger partial charge in [0.25, 0.3) is 5.91 Å². The van der Waals surface area contributed by atoms with Crippen LogP contribution in [0.25, 0.3) is 0 Å². The Morgan fingerprint density at radius 1 is 1.12 bits per heavy atom. The Labute approximate surface area is 148 Å². The largest absolute Gasteiger partial charge is 0.328 e. The summed E-state index contributed by atoms with van der Waals surface area (Å²) in [6, 6.07) is 9.99. The number of benzene rings is 1. The van der Waals surface area contributed by atoms with E-state index in [9.17, 15) is 13.2 Å². The van der Waals surface area contributed by atoms with Crippen molar-refractivity contribution in [2.75, 3.05) is 13.1 Å². The number of rotatable bonds is 5. The lowest BCUT2D eigenvalue weighted by atomic mass is 10.2. The van der Waals surface area contributed by atoms with Crippen LogP contribution in [0.5, 0.6) is 0 Å². The second kappa shape index (κ2) is 6.93. The monoisotopic (exact) mass is 359 g/mol. The number of fused-ring (bicyclic) bond motifs is 1. The van der Waals surface area contributed by atoms with Gasteiger partial charge in [-0.3, -0.25) is 9.78 Å². The Hall–Kier alpha value is -2.25. The van der Waals surface area contributed by atoms with Crippen LogP contribution in [0.1, 0.15) is 35.5 Å². The zero-order valence-corrected chi connectivity index (χ0v) is 15.2. The maximum absolute atomic E-state index is 12.7. The van der Waals surface area contributed by atoms with Crippen LogP contribution in [-0.2, 0) is 23.1 Å². The standard InChI is InChI=1S/C18H21N3O3S/c1-3-21(4-2)25(23,24)16-9-7-14(8-10-16)18(22)20-12-15-6-5-11-19-17(15)13-20/h5-11H,3-4,12-13H2,1-2H3. The van der Waals surface area contributed by atoms with Crippen LogP contribution in [0.15, 0.2) is 47.5 Å². The summed E-state index contributed by atoms with van der Waals surface area (Å²) in [4.78, 5) is 18.9. The molecule has 25 heavy (non-hydrogen) atoms. The molecule has 6 nitrogen and oxygen atoms in total. The third kappa shape index (κ3) is 3.29. The van der Waals surface area contributed by atoms with E-state index in [-0.39, 0.29) is 10.8 Å². The van der Waals surface area contributed by atoms with E-state index in [1.165, 1.54) is 16.4 Å². The molecule has 0 saturated carbocycles. The normalized spacial score (nSPS) is 14.0. The molecular formula is C18H21N3O3S. The van der Waals surface area contributed by atoms with Crippen molar-refractivity contribution in [3.05, 3.63) is 59.4 Å². The molecule has 3 rings (SSSR count). The van der Waals surface area contributed by atoms with Crippen molar-refractivity contribution in [1.29, 1.82) is 0 Å². The van der Waals surface area contributed by atoms with Gasteiger partial charge in [0.1, 0.15) is 0 Å². The first-order valence-corrected chi connectivity index (χ1v) is 9.73. The lowest BCUT2D eigenvalue weighted by Crippen LogP contribution is -2.30. The maximum Gasteiger partial charge on any atom is 0.254 e. The number of sulfonamides is 1. The zero-order valence-electron chi connectivity index (χ0n) is 14.3. The number of amides is 1. The molecule has 0 spiro atoms. The van der Waals surface area contributed by atoms with Crippen molar-refractivity contribution in [1.82, 2.24) is 14.2 Å². The summed E-state index contributed by atoms with van der Waals surface area (Å²) in [5.74, 6) is -0.121. The molecule has 0 saturated heterocycles. The fourth-order valence-electron chi connectivity index (χ4n) is 3.01. The van der Waals surface area contributed by atoms with Crippen molar-refractivity contribution in [2.45, 2.75) is 31.8 Å². The second-order valence-corrected chi connectivity index (χ2v) is 7.82. The van der Waals surface area contributed by atoms with Crippen molar-refractivity contribution < 1.29 is 13.2 Å². The number of hydrogen-bond donors (Lipinski definition) is 0. The Kier molecular flexibility index (Phi) is 4.87. The van der Waals surface area contributed by atoms with Crippen molar-refractivity contribution in [3.8, 4) is 0 Å². The quantitative estimate of drug-likeness (QED) is 0.821. The van der Waals surface area contributed by atoms with E-state index in [4.69, 9.17) is 0 Å². The molecule has 2 aromatic rings. The number of hydrogen-bond acceptors (Lipinski definition) is 4. The Balaban J connectivity index is 1.78. The van der Waals surface area contributed by atoms with Gasteiger partial charge in [-0.05, 0) is 35.9 Å². The minimum absolute atomic E-state index is 0.121. The van der Waals surface area contributed by atoms with Crippen LogP contribution < -0.4 is 0 Å². The molecule has 0 unspecified atom stereocenters. The van der Waals surface area contributed by atoms with E-state index in [2.05, 4.69) is 4.98 Å². The molecule has 0 atom stereocenters. The Morgan fingerprint density at radius 3 is 2.40 bits per heavy atom. The molecule has 1 amide bonds. The molecule has 1 aromatic carbocycles. The fourth-order valence-corrected chi connectivity index (χ4v) is 4.47. The average Bonchev–Trinajstić information content (AvgIpc) is 3.06. The lowest BCUT2D eigenvalue weighted by Gasteiger charge is -2.19. The summed E-state index contributed by atoms with van der Waals surface area (Å²) >= 11 is 0. The minimum atomic E-state index is -3.51. The van der Waals surface area contributed by atoms with Gasteiger partial charge in [-0.15, -0.1) is 0 Å². The first-order valence-electron chi connectivity index (χ1n) is 8.29. The number of aromatic nitrogens is 1. The minimum Gasteiger partial charge on any atom is -0.328 e. The van der Waals surface area contributed by atoms with Gasteiger partial charge < -0.3 is 4.90 Å². The Morgan fingerprint density at radius 2 is 1.80 bits per heavy atom. The molecule has 1 aliphatic heterocycles. The number of pyridine rings is 1. The van der Waals surface area contributed by atoms with Gasteiger partial charge in [0.05, 0.1) is 17.1 Å². The zero-order chi connectivity index (χ0) is 18.0. The first kappa shape index (κ1) is 17.6. The predicted molar refractivity (Wildman–Crippen MR) is 94.4 cm³/mol. The van der Waals surface area contributed by atoms with Gasteiger partial charge in [0.15, 0.2) is 0 Å². The number of carbonyl (C=O) groups excluding carboxylic acids is 1. The van der Waals surface area contributed by atoms with Crippen molar-refractivity contribution in [2.24, 2.45) is 0 Å². The first-order chi connectivity index (χ1) is 12.0. The molecule has 0 radical (unpaired) electrons. The highest BCUT2D eigenvalue weighted by Crippen LogP contribution is 2.23.